The van der Waals surface area contributed by atoms with E-state index in [-0.39, 0.29) is 23.2 Å². The molecule has 0 bridgehead atoms. The molecule has 1 aliphatic rings. The Morgan fingerprint density at radius 1 is 1.11 bits per heavy atom. The van der Waals surface area contributed by atoms with Crippen LogP contribution in [0.4, 0.5) is 5.69 Å². The molecule has 0 aromatic heterocycles. The van der Waals surface area contributed by atoms with Crippen molar-refractivity contribution in [3.05, 3.63) is 54.1 Å². The summed E-state index contributed by atoms with van der Waals surface area (Å²) < 4.78 is 33.1. The maximum Gasteiger partial charge on any atom is 0.262 e. The maximum atomic E-state index is 12.7. The third-order valence-corrected chi connectivity index (χ3v) is 5.51. The smallest absolute Gasteiger partial charge is 0.262 e. The predicted octanol–water partition coefficient (Wildman–Crippen LogP) is 1.96. The zero-order valence-corrected chi connectivity index (χ0v) is 16.5. The van der Waals surface area contributed by atoms with E-state index < -0.39 is 10.0 Å². The lowest BCUT2D eigenvalue weighted by Gasteiger charge is -2.27. The van der Waals surface area contributed by atoms with Crippen molar-refractivity contribution in [1.82, 2.24) is 10.2 Å². The molecule has 2 N–H and O–H groups in total. The summed E-state index contributed by atoms with van der Waals surface area (Å²) in [5.74, 6) is 0.255. The number of nitrogens with one attached hydrogen (secondary N) is 2. The van der Waals surface area contributed by atoms with E-state index in [1.54, 1.807) is 41.3 Å². The summed E-state index contributed by atoms with van der Waals surface area (Å²) in [4.78, 5) is 14.4. The van der Waals surface area contributed by atoms with Crippen molar-refractivity contribution in [1.29, 1.82) is 0 Å². The van der Waals surface area contributed by atoms with Gasteiger partial charge in [-0.1, -0.05) is 18.2 Å². The molecule has 0 saturated carbocycles. The molecule has 1 fully saturated rings. The number of rotatable bonds is 5. The molecule has 0 radical (unpaired) electrons. The Bertz CT molecular complexity index is 899. The molecule has 1 aliphatic heterocycles. The number of methoxy groups -OCH3 is 1. The van der Waals surface area contributed by atoms with Crippen molar-refractivity contribution in [3.8, 4) is 5.75 Å². The molecule has 3 rings (SSSR count). The second-order valence-corrected chi connectivity index (χ2v) is 7.56. The number of carbonyl (C=O) groups excluding carboxylic acids is 1. The van der Waals surface area contributed by atoms with Gasteiger partial charge < -0.3 is 15.0 Å². The van der Waals surface area contributed by atoms with Gasteiger partial charge in [-0.15, -0.1) is 12.4 Å². The van der Waals surface area contributed by atoms with Crippen molar-refractivity contribution in [2.24, 2.45) is 0 Å². The molecule has 0 unspecified atom stereocenters. The lowest BCUT2D eigenvalue weighted by molar-refractivity contribution is 0.0735. The Kier molecular flexibility index (Phi) is 7.06. The number of hydrogen-bond acceptors (Lipinski definition) is 5. The average molecular weight is 412 g/mol. The van der Waals surface area contributed by atoms with Gasteiger partial charge in [-0.25, -0.2) is 8.42 Å². The van der Waals surface area contributed by atoms with Gasteiger partial charge in [-0.3, -0.25) is 9.52 Å². The molecule has 0 atom stereocenters. The van der Waals surface area contributed by atoms with Crippen LogP contribution in [0.1, 0.15) is 10.4 Å². The average Bonchev–Trinajstić information content (AvgIpc) is 2.68. The molecule has 0 aliphatic carbocycles. The number of ether oxygens (including phenoxy) is 1. The minimum atomic E-state index is -3.85. The van der Waals surface area contributed by atoms with Gasteiger partial charge in [0.15, 0.2) is 0 Å². The highest BCUT2D eigenvalue weighted by atomic mass is 35.5. The van der Waals surface area contributed by atoms with E-state index >= 15 is 0 Å². The molecule has 2 aromatic rings. The van der Waals surface area contributed by atoms with E-state index in [1.807, 2.05) is 0 Å². The van der Waals surface area contributed by atoms with Crippen LogP contribution in [0, 0.1) is 0 Å². The third-order valence-electron chi connectivity index (χ3n) is 4.15. The van der Waals surface area contributed by atoms with E-state index in [0.29, 0.717) is 30.1 Å². The maximum absolute atomic E-state index is 12.7. The fraction of sp³-hybridized carbons (Fsp3) is 0.278. The molecule has 9 heteroatoms. The first-order valence-corrected chi connectivity index (χ1v) is 9.75. The fourth-order valence-electron chi connectivity index (χ4n) is 2.78. The zero-order valence-electron chi connectivity index (χ0n) is 14.8. The zero-order chi connectivity index (χ0) is 18.6. The van der Waals surface area contributed by atoms with Gasteiger partial charge in [-0.2, -0.15) is 0 Å². The third kappa shape index (κ3) is 4.91. The van der Waals surface area contributed by atoms with Crippen LogP contribution in [0.25, 0.3) is 0 Å². The van der Waals surface area contributed by atoms with Crippen molar-refractivity contribution in [3.63, 3.8) is 0 Å². The van der Waals surface area contributed by atoms with Crippen molar-refractivity contribution >= 4 is 34.0 Å². The highest BCUT2D eigenvalue weighted by Crippen LogP contribution is 2.26. The van der Waals surface area contributed by atoms with Crippen LogP contribution < -0.4 is 14.8 Å². The van der Waals surface area contributed by atoms with Crippen LogP contribution in [0.3, 0.4) is 0 Å². The van der Waals surface area contributed by atoms with Crippen LogP contribution in [0.2, 0.25) is 0 Å². The molecule has 1 amide bonds. The lowest BCUT2D eigenvalue weighted by atomic mass is 10.2. The quantitative estimate of drug-likeness (QED) is 0.785. The summed E-state index contributed by atoms with van der Waals surface area (Å²) in [6.07, 6.45) is 0. The Labute approximate surface area is 165 Å². The van der Waals surface area contributed by atoms with Crippen LogP contribution in [-0.2, 0) is 10.0 Å². The van der Waals surface area contributed by atoms with Gasteiger partial charge in [0.05, 0.1) is 17.7 Å². The summed E-state index contributed by atoms with van der Waals surface area (Å²) in [6.45, 7) is 2.68. The number of halogens is 1. The molecule has 0 spiro atoms. The number of sulfonamides is 1. The summed E-state index contributed by atoms with van der Waals surface area (Å²) in [7, 11) is -2.37. The van der Waals surface area contributed by atoms with E-state index in [2.05, 4.69) is 10.0 Å². The second-order valence-electron chi connectivity index (χ2n) is 5.88. The number of hydrogen-bond donors (Lipinski definition) is 2. The molecule has 146 valence electrons. The molecule has 1 saturated heterocycles. The SMILES string of the molecule is COc1ccccc1NS(=O)(=O)c1cccc(C(=O)N2CCNCC2)c1.Cl. The topological polar surface area (TPSA) is 87.7 Å². The Hall–Kier alpha value is -2.29. The normalized spacial score (nSPS) is 14.2. The number of para-hydroxylation sites is 2. The predicted molar refractivity (Wildman–Crippen MR) is 106 cm³/mol. The van der Waals surface area contributed by atoms with Gasteiger partial charge >= 0.3 is 0 Å². The first-order valence-electron chi connectivity index (χ1n) is 8.27. The molecule has 1 heterocycles. The van der Waals surface area contributed by atoms with Crippen LogP contribution in [-0.4, -0.2) is 52.5 Å². The van der Waals surface area contributed by atoms with E-state index in [0.717, 1.165) is 13.1 Å². The standard InChI is InChI=1S/C18H21N3O4S.ClH/c1-25-17-8-3-2-7-16(17)20-26(23,24)15-6-4-5-14(13-15)18(22)21-11-9-19-10-12-21;/h2-8,13,19-20H,9-12H2,1H3;1H. The van der Waals surface area contributed by atoms with Gasteiger partial charge in [0, 0.05) is 31.7 Å². The first-order chi connectivity index (χ1) is 12.5. The molecule has 27 heavy (non-hydrogen) atoms. The molecular formula is C18H22ClN3O4S. The van der Waals surface area contributed by atoms with Crippen LogP contribution >= 0.6 is 12.4 Å². The van der Waals surface area contributed by atoms with Crippen LogP contribution in [0.5, 0.6) is 5.75 Å². The number of amides is 1. The molecule has 2 aromatic carbocycles. The number of carbonyl (C=O) groups is 1. The lowest BCUT2D eigenvalue weighted by Crippen LogP contribution is -2.46. The van der Waals surface area contributed by atoms with Crippen LogP contribution in [0.15, 0.2) is 53.4 Å². The Morgan fingerprint density at radius 2 is 1.81 bits per heavy atom. The molecular weight excluding hydrogens is 390 g/mol. The first kappa shape index (κ1) is 21.0. The summed E-state index contributed by atoms with van der Waals surface area (Å²) in [5.41, 5.74) is 0.698. The van der Waals surface area contributed by atoms with Crippen molar-refractivity contribution < 1.29 is 17.9 Å². The summed E-state index contributed by atoms with van der Waals surface area (Å²) in [6, 6.07) is 12.8. The van der Waals surface area contributed by atoms with E-state index in [4.69, 9.17) is 4.74 Å². The highest BCUT2D eigenvalue weighted by molar-refractivity contribution is 7.92. The Morgan fingerprint density at radius 3 is 2.52 bits per heavy atom. The monoisotopic (exact) mass is 411 g/mol. The van der Waals surface area contributed by atoms with Gasteiger partial charge in [0.1, 0.15) is 5.75 Å². The minimum absolute atomic E-state index is 0. The van der Waals surface area contributed by atoms with Gasteiger partial charge in [0.25, 0.3) is 15.9 Å². The summed E-state index contributed by atoms with van der Waals surface area (Å²) in [5, 5.41) is 3.18. The van der Waals surface area contributed by atoms with Gasteiger partial charge in [-0.05, 0) is 30.3 Å². The van der Waals surface area contributed by atoms with Crippen molar-refractivity contribution in [2.75, 3.05) is 38.0 Å². The largest absolute Gasteiger partial charge is 0.495 e. The van der Waals surface area contributed by atoms with E-state index in [9.17, 15) is 13.2 Å². The van der Waals surface area contributed by atoms with Crippen molar-refractivity contribution in [2.45, 2.75) is 4.90 Å². The second kappa shape index (κ2) is 9.07. The highest BCUT2D eigenvalue weighted by Gasteiger charge is 2.21. The number of benzene rings is 2. The number of piperazine rings is 1. The molecule has 7 nitrogen and oxygen atoms in total. The fourth-order valence-corrected chi connectivity index (χ4v) is 3.90. The minimum Gasteiger partial charge on any atom is -0.495 e. The number of anilines is 1. The van der Waals surface area contributed by atoms with E-state index in [1.165, 1.54) is 19.2 Å². The summed E-state index contributed by atoms with van der Waals surface area (Å²) >= 11 is 0. The number of nitrogens with zero attached hydrogens (tertiary/aromatic N) is 1. The Balaban J connectivity index is 0.00000261. The van der Waals surface area contributed by atoms with Gasteiger partial charge in [0.2, 0.25) is 0 Å².